The minimum atomic E-state index is -4.89. The van der Waals surface area contributed by atoms with E-state index >= 15 is 0 Å². The van der Waals surface area contributed by atoms with Gasteiger partial charge in [0.15, 0.2) is 0 Å². The van der Waals surface area contributed by atoms with Gasteiger partial charge in [-0.1, -0.05) is 23.5 Å². The summed E-state index contributed by atoms with van der Waals surface area (Å²) in [5, 5.41) is 7.23. The van der Waals surface area contributed by atoms with Crippen LogP contribution >= 0.6 is 11.3 Å². The van der Waals surface area contributed by atoms with Crippen LogP contribution in [-0.4, -0.2) is 65.3 Å². The fraction of sp³-hybridized carbons (Fsp3) is 0.280. The quantitative estimate of drug-likeness (QED) is 0.299. The zero-order valence-corrected chi connectivity index (χ0v) is 23.7. The second kappa shape index (κ2) is 11.7. The number of carbonyl (C=O) groups is 1. The SMILES string of the molecule is O=C(NCc1ccc(OC(F)(F)F)cc1)[C@H]1CN(c2nn3ccc(=O)nc3s2)CCN1S(=O)(=O)c1ccc(C(F)(F)F)cc1. The largest absolute Gasteiger partial charge is 0.573 e. The van der Waals surface area contributed by atoms with E-state index in [1.165, 1.54) is 28.9 Å². The van der Waals surface area contributed by atoms with Gasteiger partial charge in [0.05, 0.1) is 10.5 Å². The lowest BCUT2D eigenvalue weighted by atomic mass is 10.2. The molecule has 1 atom stereocenters. The van der Waals surface area contributed by atoms with Crippen molar-refractivity contribution in [2.24, 2.45) is 0 Å². The number of hydrogen-bond donors (Lipinski definition) is 1. The van der Waals surface area contributed by atoms with Crippen molar-refractivity contribution in [1.82, 2.24) is 24.2 Å². The summed E-state index contributed by atoms with van der Waals surface area (Å²) < 4.78 is 110. The highest BCUT2D eigenvalue weighted by molar-refractivity contribution is 7.89. The summed E-state index contributed by atoms with van der Waals surface area (Å²) in [6.45, 7) is -0.641. The molecular formula is C25H20F6N6O5S2. The molecule has 0 radical (unpaired) electrons. The molecule has 1 aliphatic heterocycles. The number of nitrogens with one attached hydrogen (secondary N) is 1. The van der Waals surface area contributed by atoms with Gasteiger partial charge in [0, 0.05) is 38.4 Å². The number of amides is 1. The Morgan fingerprint density at radius 2 is 1.68 bits per heavy atom. The number of alkyl halides is 6. The van der Waals surface area contributed by atoms with Crippen molar-refractivity contribution in [1.29, 1.82) is 0 Å². The molecular weight excluding hydrogens is 642 g/mol. The third kappa shape index (κ3) is 6.94. The molecule has 1 N–H and O–H groups in total. The maximum absolute atomic E-state index is 13.6. The van der Waals surface area contributed by atoms with Crippen molar-refractivity contribution in [2.75, 3.05) is 24.5 Å². The summed E-state index contributed by atoms with van der Waals surface area (Å²) in [5.41, 5.74) is -1.17. The predicted octanol–water partition coefficient (Wildman–Crippen LogP) is 3.26. The number of sulfonamides is 1. The van der Waals surface area contributed by atoms with Gasteiger partial charge in [-0.15, -0.1) is 18.3 Å². The molecule has 11 nitrogen and oxygen atoms in total. The Hall–Kier alpha value is -4.23. The minimum Gasteiger partial charge on any atom is -0.406 e. The van der Waals surface area contributed by atoms with Crippen molar-refractivity contribution < 1.29 is 44.3 Å². The van der Waals surface area contributed by atoms with Crippen LogP contribution in [0.5, 0.6) is 5.75 Å². The van der Waals surface area contributed by atoms with Gasteiger partial charge in [0.25, 0.3) is 5.56 Å². The van der Waals surface area contributed by atoms with Crippen LogP contribution in [-0.2, 0) is 27.5 Å². The van der Waals surface area contributed by atoms with Crippen molar-refractivity contribution in [2.45, 2.75) is 30.0 Å². The molecule has 0 bridgehead atoms. The van der Waals surface area contributed by atoms with Gasteiger partial charge < -0.3 is 15.0 Å². The van der Waals surface area contributed by atoms with Crippen LogP contribution in [0.1, 0.15) is 11.1 Å². The van der Waals surface area contributed by atoms with Gasteiger partial charge in [0.2, 0.25) is 26.0 Å². The monoisotopic (exact) mass is 662 g/mol. The van der Waals surface area contributed by atoms with Gasteiger partial charge in [-0.3, -0.25) is 9.59 Å². The fourth-order valence-corrected chi connectivity index (χ4v) is 6.85. The number of ether oxygens (including phenoxy) is 1. The number of benzene rings is 2. The predicted molar refractivity (Wildman–Crippen MR) is 143 cm³/mol. The van der Waals surface area contributed by atoms with E-state index in [-0.39, 0.29) is 31.1 Å². The van der Waals surface area contributed by atoms with Crippen LogP contribution < -0.4 is 20.5 Å². The number of nitrogens with zero attached hydrogens (tertiary/aromatic N) is 5. The van der Waals surface area contributed by atoms with E-state index in [2.05, 4.69) is 20.1 Å². The Morgan fingerprint density at radius 3 is 2.32 bits per heavy atom. The molecule has 1 saturated heterocycles. The van der Waals surface area contributed by atoms with Crippen LogP contribution in [0, 0.1) is 0 Å². The van der Waals surface area contributed by atoms with Crippen molar-refractivity contribution in [3.63, 3.8) is 0 Å². The van der Waals surface area contributed by atoms with Gasteiger partial charge >= 0.3 is 12.5 Å². The van der Waals surface area contributed by atoms with Gasteiger partial charge in [-0.25, -0.2) is 12.9 Å². The number of rotatable bonds is 7. The number of aromatic nitrogens is 3. The molecule has 234 valence electrons. The highest BCUT2D eigenvalue weighted by Gasteiger charge is 2.41. The second-order valence-electron chi connectivity index (χ2n) is 9.39. The van der Waals surface area contributed by atoms with Crippen molar-refractivity contribution >= 4 is 37.4 Å². The summed E-state index contributed by atoms with van der Waals surface area (Å²) in [5.74, 6) is -1.26. The normalized spacial score (nSPS) is 16.7. The molecule has 4 aromatic rings. The van der Waals surface area contributed by atoms with Crippen LogP contribution in [0.2, 0.25) is 0 Å². The van der Waals surface area contributed by atoms with Gasteiger partial charge in [-0.2, -0.15) is 22.5 Å². The first kappa shape index (κ1) is 31.2. The molecule has 1 aliphatic rings. The van der Waals surface area contributed by atoms with E-state index < -0.39 is 56.3 Å². The molecule has 5 rings (SSSR count). The lowest BCUT2D eigenvalue weighted by Gasteiger charge is -2.39. The molecule has 44 heavy (non-hydrogen) atoms. The molecule has 0 unspecified atom stereocenters. The number of anilines is 1. The topological polar surface area (TPSA) is 126 Å². The molecule has 0 spiro atoms. The third-order valence-corrected chi connectivity index (χ3v) is 9.36. The molecule has 2 aromatic carbocycles. The average Bonchev–Trinajstić information content (AvgIpc) is 3.38. The maximum atomic E-state index is 13.6. The highest BCUT2D eigenvalue weighted by Crippen LogP contribution is 2.32. The van der Waals surface area contributed by atoms with E-state index in [9.17, 15) is 44.3 Å². The highest BCUT2D eigenvalue weighted by atomic mass is 32.2. The molecule has 0 aliphatic carbocycles. The zero-order chi connectivity index (χ0) is 31.9. The van der Waals surface area contributed by atoms with E-state index in [0.29, 0.717) is 22.8 Å². The van der Waals surface area contributed by atoms with Crippen LogP contribution in [0.3, 0.4) is 0 Å². The first-order valence-corrected chi connectivity index (χ1v) is 14.8. The maximum Gasteiger partial charge on any atom is 0.573 e. The van der Waals surface area contributed by atoms with E-state index in [0.717, 1.165) is 39.9 Å². The molecule has 19 heteroatoms. The summed E-state index contributed by atoms with van der Waals surface area (Å²) in [6.07, 6.45) is -8.19. The van der Waals surface area contributed by atoms with Crippen LogP contribution in [0.15, 0.2) is 70.5 Å². The number of fused-ring (bicyclic) bond motifs is 1. The summed E-state index contributed by atoms with van der Waals surface area (Å²) in [4.78, 5) is 30.3. The Kier molecular flexibility index (Phi) is 8.29. The Labute approximate surface area is 248 Å². The number of hydrogen-bond acceptors (Lipinski definition) is 9. The van der Waals surface area contributed by atoms with E-state index in [1.807, 2.05) is 0 Å². The smallest absolute Gasteiger partial charge is 0.406 e. The summed E-state index contributed by atoms with van der Waals surface area (Å²) in [6, 6.07) is 7.31. The van der Waals surface area contributed by atoms with Crippen LogP contribution in [0.4, 0.5) is 31.5 Å². The second-order valence-corrected chi connectivity index (χ2v) is 12.2. The van der Waals surface area contributed by atoms with Crippen molar-refractivity contribution in [3.8, 4) is 5.75 Å². The third-order valence-electron chi connectivity index (χ3n) is 6.45. The van der Waals surface area contributed by atoms with E-state index in [4.69, 9.17) is 0 Å². The average molecular weight is 663 g/mol. The standard InChI is InChI=1S/C25H20F6N6O5S2/c26-24(27,28)16-3-7-18(8-4-16)44(40,41)37-12-11-35(23-34-36-10-9-20(38)33-22(36)43-23)14-19(37)21(39)32-13-15-1-5-17(6-2-15)42-25(29,30)31/h1-10,19H,11-14H2,(H,32,39)/t19-/m1/s1. The Bertz CT molecular complexity index is 1830. The van der Waals surface area contributed by atoms with E-state index in [1.54, 1.807) is 4.90 Å². The number of halogens is 6. The molecule has 0 saturated carbocycles. The van der Waals surface area contributed by atoms with Crippen LogP contribution in [0.25, 0.3) is 4.96 Å². The lowest BCUT2D eigenvalue weighted by Crippen LogP contribution is -2.60. The van der Waals surface area contributed by atoms with Crippen molar-refractivity contribution in [3.05, 3.63) is 82.3 Å². The first-order chi connectivity index (χ1) is 20.6. The molecule has 1 fully saturated rings. The molecule has 3 heterocycles. The summed E-state index contributed by atoms with van der Waals surface area (Å²) in [7, 11) is -4.48. The Morgan fingerprint density at radius 1 is 1.00 bits per heavy atom. The fourth-order valence-electron chi connectivity index (χ4n) is 4.36. The minimum absolute atomic E-state index is 0.0366. The number of carbonyl (C=O) groups excluding carboxylic acids is 1. The molecule has 1 amide bonds. The first-order valence-electron chi connectivity index (χ1n) is 12.5. The zero-order valence-electron chi connectivity index (χ0n) is 22.0. The van der Waals surface area contributed by atoms with Gasteiger partial charge in [-0.05, 0) is 42.0 Å². The Balaban J connectivity index is 1.40. The summed E-state index contributed by atoms with van der Waals surface area (Å²) >= 11 is 1.02. The number of piperazine rings is 1. The lowest BCUT2D eigenvalue weighted by molar-refractivity contribution is -0.274. The molecule has 2 aromatic heterocycles. The van der Waals surface area contributed by atoms with Gasteiger partial charge in [0.1, 0.15) is 11.8 Å².